The van der Waals surface area contributed by atoms with Crippen LogP contribution in [0.1, 0.15) is 34.2 Å². The van der Waals surface area contributed by atoms with Crippen molar-refractivity contribution >= 4 is 28.4 Å². The minimum atomic E-state index is -0.441. The molecule has 3 aromatic rings. The SMILES string of the molecule is O=C(NCc1cccs1)c1nc2cccnc2n(C2CC2)c1=O. The Labute approximate surface area is 135 Å². The second-order valence-corrected chi connectivity index (χ2v) is 6.51. The number of pyridine rings is 1. The highest BCUT2D eigenvalue weighted by atomic mass is 32.1. The second-order valence-electron chi connectivity index (χ2n) is 5.47. The smallest absolute Gasteiger partial charge is 0.284 e. The molecule has 1 saturated carbocycles. The van der Waals surface area contributed by atoms with Gasteiger partial charge in [-0.2, -0.15) is 0 Å². The largest absolute Gasteiger partial charge is 0.346 e. The van der Waals surface area contributed by atoms with Crippen molar-refractivity contribution in [3.8, 4) is 0 Å². The Kier molecular flexibility index (Phi) is 3.42. The average Bonchev–Trinajstić information content (AvgIpc) is 3.26. The summed E-state index contributed by atoms with van der Waals surface area (Å²) in [7, 11) is 0. The molecule has 7 heteroatoms. The van der Waals surface area contributed by atoms with Crippen molar-refractivity contribution in [2.75, 3.05) is 0 Å². The number of rotatable bonds is 4. The van der Waals surface area contributed by atoms with E-state index in [1.54, 1.807) is 34.2 Å². The zero-order chi connectivity index (χ0) is 15.8. The number of fused-ring (bicyclic) bond motifs is 1. The van der Waals surface area contributed by atoms with Crippen LogP contribution in [0.4, 0.5) is 0 Å². The Balaban J connectivity index is 1.73. The van der Waals surface area contributed by atoms with Crippen molar-refractivity contribution in [1.82, 2.24) is 19.9 Å². The van der Waals surface area contributed by atoms with Gasteiger partial charge in [0, 0.05) is 17.1 Å². The molecule has 23 heavy (non-hydrogen) atoms. The maximum atomic E-state index is 12.7. The molecule has 1 fully saturated rings. The van der Waals surface area contributed by atoms with Gasteiger partial charge in [-0.3, -0.25) is 14.2 Å². The fourth-order valence-electron chi connectivity index (χ4n) is 2.52. The fourth-order valence-corrected chi connectivity index (χ4v) is 3.17. The molecule has 1 N–H and O–H groups in total. The lowest BCUT2D eigenvalue weighted by Crippen LogP contribution is -2.34. The van der Waals surface area contributed by atoms with E-state index in [0.29, 0.717) is 17.7 Å². The molecular weight excluding hydrogens is 312 g/mol. The third-order valence-corrected chi connectivity index (χ3v) is 4.65. The van der Waals surface area contributed by atoms with Gasteiger partial charge in [-0.1, -0.05) is 6.07 Å². The van der Waals surface area contributed by atoms with Crippen LogP contribution in [0.15, 0.2) is 40.6 Å². The summed E-state index contributed by atoms with van der Waals surface area (Å²) >= 11 is 1.56. The van der Waals surface area contributed by atoms with Gasteiger partial charge >= 0.3 is 0 Å². The number of hydrogen-bond donors (Lipinski definition) is 1. The van der Waals surface area contributed by atoms with E-state index < -0.39 is 5.91 Å². The Hall–Kier alpha value is -2.54. The van der Waals surface area contributed by atoms with Gasteiger partial charge in [-0.25, -0.2) is 9.97 Å². The summed E-state index contributed by atoms with van der Waals surface area (Å²) in [6.45, 7) is 0.395. The molecule has 0 spiro atoms. The Morgan fingerprint density at radius 3 is 2.96 bits per heavy atom. The minimum Gasteiger partial charge on any atom is -0.346 e. The molecule has 3 heterocycles. The summed E-state index contributed by atoms with van der Waals surface area (Å²) in [5.74, 6) is -0.441. The molecule has 0 saturated heterocycles. The van der Waals surface area contributed by atoms with Crippen molar-refractivity contribution < 1.29 is 4.79 Å². The molecule has 0 aromatic carbocycles. The number of aromatic nitrogens is 3. The molecule has 0 unspecified atom stereocenters. The predicted molar refractivity (Wildman–Crippen MR) is 87.6 cm³/mol. The number of carbonyl (C=O) groups excluding carboxylic acids is 1. The van der Waals surface area contributed by atoms with Crippen LogP contribution in [-0.2, 0) is 6.54 Å². The Morgan fingerprint density at radius 1 is 1.35 bits per heavy atom. The summed E-state index contributed by atoms with van der Waals surface area (Å²) in [6.07, 6.45) is 3.51. The summed E-state index contributed by atoms with van der Waals surface area (Å²) in [5, 5.41) is 4.71. The molecule has 1 amide bonds. The van der Waals surface area contributed by atoms with E-state index in [1.807, 2.05) is 17.5 Å². The average molecular weight is 326 g/mol. The van der Waals surface area contributed by atoms with Crippen LogP contribution in [0.3, 0.4) is 0 Å². The number of thiophene rings is 1. The molecule has 0 atom stereocenters. The predicted octanol–water partition coefficient (Wildman–Crippen LogP) is 2.12. The highest BCUT2D eigenvalue weighted by Crippen LogP contribution is 2.35. The first-order valence-corrected chi connectivity index (χ1v) is 8.30. The second kappa shape index (κ2) is 5.58. The standard InChI is InChI=1S/C16H14N4O2S/c21-15(18-9-11-3-2-8-23-11)13-16(22)20(10-5-6-10)14-12(19-13)4-1-7-17-14/h1-4,7-8,10H,5-6,9H2,(H,18,21). The molecule has 4 rings (SSSR count). The fraction of sp³-hybridized carbons (Fsp3) is 0.250. The van der Waals surface area contributed by atoms with Crippen molar-refractivity contribution in [3.05, 3.63) is 56.8 Å². The van der Waals surface area contributed by atoms with Crippen LogP contribution < -0.4 is 10.9 Å². The van der Waals surface area contributed by atoms with Crippen molar-refractivity contribution in [3.63, 3.8) is 0 Å². The van der Waals surface area contributed by atoms with Gasteiger partial charge < -0.3 is 5.32 Å². The minimum absolute atomic E-state index is 0.0612. The van der Waals surface area contributed by atoms with Gasteiger partial charge in [-0.05, 0) is 36.4 Å². The first-order valence-electron chi connectivity index (χ1n) is 7.42. The molecule has 1 aliphatic rings. The van der Waals surface area contributed by atoms with Gasteiger partial charge in [0.05, 0.1) is 6.54 Å². The van der Waals surface area contributed by atoms with Gasteiger partial charge in [0.15, 0.2) is 11.3 Å². The van der Waals surface area contributed by atoms with E-state index in [0.717, 1.165) is 17.7 Å². The van der Waals surface area contributed by atoms with Gasteiger partial charge in [0.1, 0.15) is 5.52 Å². The lowest BCUT2D eigenvalue weighted by molar-refractivity contribution is 0.0944. The van der Waals surface area contributed by atoms with Gasteiger partial charge in [0.25, 0.3) is 11.5 Å². The quantitative estimate of drug-likeness (QED) is 0.797. The highest BCUT2D eigenvalue weighted by molar-refractivity contribution is 7.09. The van der Waals surface area contributed by atoms with Crippen molar-refractivity contribution in [2.24, 2.45) is 0 Å². The van der Waals surface area contributed by atoms with Crippen molar-refractivity contribution in [1.29, 1.82) is 0 Å². The topological polar surface area (TPSA) is 76.9 Å². The van der Waals surface area contributed by atoms with Gasteiger partial charge in [0.2, 0.25) is 0 Å². The molecular formula is C16H14N4O2S. The zero-order valence-corrected chi connectivity index (χ0v) is 13.0. The monoisotopic (exact) mass is 326 g/mol. The zero-order valence-electron chi connectivity index (χ0n) is 12.2. The van der Waals surface area contributed by atoms with Crippen LogP contribution in [0.25, 0.3) is 11.2 Å². The number of carbonyl (C=O) groups is 1. The first-order chi connectivity index (χ1) is 11.2. The third kappa shape index (κ3) is 2.63. The van der Waals surface area contributed by atoms with Crippen LogP contribution in [0.5, 0.6) is 0 Å². The summed E-state index contributed by atoms with van der Waals surface area (Å²) in [4.78, 5) is 34.6. The third-order valence-electron chi connectivity index (χ3n) is 3.78. The van der Waals surface area contributed by atoms with E-state index in [2.05, 4.69) is 15.3 Å². The summed E-state index contributed by atoms with van der Waals surface area (Å²) < 4.78 is 1.61. The maximum absolute atomic E-state index is 12.7. The summed E-state index contributed by atoms with van der Waals surface area (Å²) in [6, 6.07) is 7.52. The van der Waals surface area contributed by atoms with E-state index >= 15 is 0 Å². The van der Waals surface area contributed by atoms with Crippen LogP contribution in [0, 0.1) is 0 Å². The van der Waals surface area contributed by atoms with E-state index in [9.17, 15) is 9.59 Å². The lowest BCUT2D eigenvalue weighted by Gasteiger charge is -2.10. The number of amides is 1. The highest BCUT2D eigenvalue weighted by Gasteiger charge is 2.29. The molecule has 6 nitrogen and oxygen atoms in total. The Morgan fingerprint density at radius 2 is 2.22 bits per heavy atom. The molecule has 1 aliphatic carbocycles. The van der Waals surface area contributed by atoms with E-state index in [4.69, 9.17) is 0 Å². The first kappa shape index (κ1) is 14.1. The van der Waals surface area contributed by atoms with Crippen LogP contribution >= 0.6 is 11.3 Å². The molecule has 0 radical (unpaired) electrons. The number of hydrogen-bond acceptors (Lipinski definition) is 5. The maximum Gasteiger partial charge on any atom is 0.284 e. The molecule has 0 aliphatic heterocycles. The van der Waals surface area contributed by atoms with Crippen LogP contribution in [0.2, 0.25) is 0 Å². The molecule has 116 valence electrons. The van der Waals surface area contributed by atoms with Crippen LogP contribution in [-0.4, -0.2) is 20.4 Å². The number of nitrogens with zero attached hydrogens (tertiary/aromatic N) is 3. The van der Waals surface area contributed by atoms with Crippen molar-refractivity contribution in [2.45, 2.75) is 25.4 Å². The normalized spacial score (nSPS) is 14.1. The van der Waals surface area contributed by atoms with E-state index in [1.165, 1.54) is 0 Å². The van der Waals surface area contributed by atoms with E-state index in [-0.39, 0.29) is 17.3 Å². The summed E-state index contributed by atoms with van der Waals surface area (Å²) in [5.41, 5.74) is 0.700. The number of nitrogens with one attached hydrogen (secondary N) is 1. The molecule has 0 bridgehead atoms. The lowest BCUT2D eigenvalue weighted by atomic mass is 10.3. The molecule has 3 aromatic heterocycles. The Bertz CT molecular complexity index is 929. The van der Waals surface area contributed by atoms with Gasteiger partial charge in [-0.15, -0.1) is 11.3 Å².